The highest BCUT2D eigenvalue weighted by atomic mass is 16.5. The van der Waals surface area contributed by atoms with Crippen molar-refractivity contribution in [3.8, 4) is 0 Å². The zero-order valence-electron chi connectivity index (χ0n) is 11.1. The lowest BCUT2D eigenvalue weighted by Gasteiger charge is -2.61. The normalized spacial score (nSPS) is 28.6. The smallest absolute Gasteiger partial charge is 0.129 e. The van der Waals surface area contributed by atoms with Crippen molar-refractivity contribution < 1.29 is 4.74 Å². The molecule has 0 unspecified atom stereocenters. The second-order valence-corrected chi connectivity index (χ2v) is 5.45. The van der Waals surface area contributed by atoms with Gasteiger partial charge in [-0.2, -0.15) is 0 Å². The van der Waals surface area contributed by atoms with Crippen LogP contribution in [0.3, 0.4) is 0 Å². The third-order valence-electron chi connectivity index (χ3n) is 4.54. The van der Waals surface area contributed by atoms with Crippen molar-refractivity contribution in [1.29, 1.82) is 0 Å². The molecule has 4 nitrogen and oxygen atoms in total. The Kier molecular flexibility index (Phi) is 2.98. The summed E-state index contributed by atoms with van der Waals surface area (Å²) in [5, 5.41) is 3.57. The monoisotopic (exact) mass is 247 g/mol. The zero-order valence-corrected chi connectivity index (χ0v) is 11.1. The maximum atomic E-state index is 5.85. The molecule has 1 aromatic rings. The van der Waals surface area contributed by atoms with Crippen molar-refractivity contribution in [1.82, 2.24) is 9.97 Å². The zero-order chi connectivity index (χ0) is 12.6. The van der Waals surface area contributed by atoms with Crippen molar-refractivity contribution >= 4 is 5.82 Å². The van der Waals surface area contributed by atoms with Crippen LogP contribution in [0.25, 0.3) is 0 Å². The van der Waals surface area contributed by atoms with E-state index in [1.54, 1.807) is 0 Å². The highest BCUT2D eigenvalue weighted by Crippen LogP contribution is 2.57. The molecule has 1 spiro atoms. The van der Waals surface area contributed by atoms with E-state index < -0.39 is 0 Å². The van der Waals surface area contributed by atoms with Crippen LogP contribution in [0.2, 0.25) is 0 Å². The summed E-state index contributed by atoms with van der Waals surface area (Å²) in [5.74, 6) is 1.78. The van der Waals surface area contributed by atoms with Crippen LogP contribution < -0.4 is 5.32 Å². The largest absolute Gasteiger partial charge is 0.378 e. The third kappa shape index (κ3) is 1.79. The summed E-state index contributed by atoms with van der Waals surface area (Å²) in [5.41, 5.74) is 0.384. The van der Waals surface area contributed by atoms with Gasteiger partial charge >= 0.3 is 0 Å². The van der Waals surface area contributed by atoms with Crippen LogP contribution in [0.4, 0.5) is 5.82 Å². The summed E-state index contributed by atoms with van der Waals surface area (Å²) in [6.45, 7) is 4.83. The number of hydrogen-bond acceptors (Lipinski definition) is 4. The minimum absolute atomic E-state index is 0.384. The molecule has 1 heterocycles. The van der Waals surface area contributed by atoms with Crippen molar-refractivity contribution in [2.45, 2.75) is 51.7 Å². The maximum absolute atomic E-state index is 5.85. The van der Waals surface area contributed by atoms with Gasteiger partial charge in [0.25, 0.3) is 0 Å². The highest BCUT2D eigenvalue weighted by molar-refractivity contribution is 5.37. The van der Waals surface area contributed by atoms with Crippen LogP contribution in [-0.4, -0.2) is 28.7 Å². The molecule has 2 aliphatic rings. The Bertz CT molecular complexity index is 431. The Hall–Kier alpha value is -1.16. The van der Waals surface area contributed by atoms with E-state index in [9.17, 15) is 0 Å². The topological polar surface area (TPSA) is 47.0 Å². The predicted molar refractivity (Wildman–Crippen MR) is 70.5 cm³/mol. The lowest BCUT2D eigenvalue weighted by atomic mass is 9.51. The van der Waals surface area contributed by atoms with Gasteiger partial charge in [0.2, 0.25) is 0 Å². The summed E-state index contributed by atoms with van der Waals surface area (Å²) in [6, 6.07) is 2.48. The molecule has 18 heavy (non-hydrogen) atoms. The number of anilines is 1. The fraction of sp³-hybridized carbons (Fsp3) is 0.714. The molecule has 0 aliphatic heterocycles. The summed E-state index contributed by atoms with van der Waals surface area (Å²) in [4.78, 5) is 8.56. The van der Waals surface area contributed by atoms with Gasteiger partial charge in [-0.3, -0.25) is 0 Å². The minimum atomic E-state index is 0.384. The van der Waals surface area contributed by atoms with Gasteiger partial charge in [-0.1, -0.05) is 6.42 Å². The third-order valence-corrected chi connectivity index (χ3v) is 4.54. The summed E-state index contributed by atoms with van der Waals surface area (Å²) < 4.78 is 5.85. The van der Waals surface area contributed by atoms with E-state index in [1.807, 2.05) is 19.2 Å². The number of nitrogens with zero attached hydrogens (tertiary/aromatic N) is 2. The van der Waals surface area contributed by atoms with Gasteiger partial charge in [-0.05, 0) is 39.2 Å². The maximum Gasteiger partial charge on any atom is 0.129 e. The van der Waals surface area contributed by atoms with E-state index in [0.29, 0.717) is 17.6 Å². The summed E-state index contributed by atoms with van der Waals surface area (Å²) in [6.07, 6.45) is 7.30. The SMILES string of the molecule is CCO[C@H]1C[C@@H](Nc2ccnc(C)n2)C12CCC2. The number of aromatic nitrogens is 2. The molecule has 1 aromatic heterocycles. The molecule has 2 atom stereocenters. The van der Waals surface area contributed by atoms with E-state index >= 15 is 0 Å². The molecule has 0 aromatic carbocycles. The fourth-order valence-corrected chi connectivity index (χ4v) is 3.36. The average Bonchev–Trinajstić information content (AvgIpc) is 2.25. The Labute approximate surface area is 108 Å². The Morgan fingerprint density at radius 2 is 2.33 bits per heavy atom. The van der Waals surface area contributed by atoms with Crippen LogP contribution >= 0.6 is 0 Å². The second kappa shape index (κ2) is 4.50. The van der Waals surface area contributed by atoms with Crippen molar-refractivity contribution in [2.24, 2.45) is 5.41 Å². The van der Waals surface area contributed by atoms with Crippen LogP contribution in [0.1, 0.15) is 38.4 Å². The summed E-state index contributed by atoms with van der Waals surface area (Å²) in [7, 11) is 0. The first-order chi connectivity index (χ1) is 8.74. The fourth-order valence-electron chi connectivity index (χ4n) is 3.36. The molecule has 0 saturated heterocycles. The van der Waals surface area contributed by atoms with Gasteiger partial charge in [0.1, 0.15) is 11.6 Å². The second-order valence-electron chi connectivity index (χ2n) is 5.45. The molecule has 2 saturated carbocycles. The van der Waals surface area contributed by atoms with Crippen LogP contribution in [0.15, 0.2) is 12.3 Å². The van der Waals surface area contributed by atoms with Gasteiger partial charge in [-0.25, -0.2) is 9.97 Å². The van der Waals surface area contributed by atoms with E-state index in [4.69, 9.17) is 4.74 Å². The van der Waals surface area contributed by atoms with E-state index in [0.717, 1.165) is 24.7 Å². The molecule has 1 N–H and O–H groups in total. The molecular formula is C14H21N3O. The number of hydrogen-bond donors (Lipinski definition) is 1. The van der Waals surface area contributed by atoms with Gasteiger partial charge in [-0.15, -0.1) is 0 Å². The first-order valence-electron chi connectivity index (χ1n) is 6.92. The molecule has 0 amide bonds. The Morgan fingerprint density at radius 1 is 1.50 bits per heavy atom. The summed E-state index contributed by atoms with van der Waals surface area (Å²) >= 11 is 0. The van der Waals surface area contributed by atoms with Gasteiger partial charge in [0, 0.05) is 24.3 Å². The van der Waals surface area contributed by atoms with Crippen molar-refractivity contribution in [3.63, 3.8) is 0 Å². The van der Waals surface area contributed by atoms with E-state index in [1.165, 1.54) is 19.3 Å². The van der Waals surface area contributed by atoms with E-state index in [2.05, 4.69) is 22.2 Å². The lowest BCUT2D eigenvalue weighted by molar-refractivity contribution is -0.157. The number of nitrogens with one attached hydrogen (secondary N) is 1. The highest BCUT2D eigenvalue weighted by Gasteiger charge is 2.58. The first kappa shape index (κ1) is 11.9. The molecule has 4 heteroatoms. The Balaban J connectivity index is 1.68. The quantitative estimate of drug-likeness (QED) is 0.888. The van der Waals surface area contributed by atoms with Gasteiger partial charge in [0.05, 0.1) is 6.10 Å². The van der Waals surface area contributed by atoms with Crippen LogP contribution in [0, 0.1) is 12.3 Å². The van der Waals surface area contributed by atoms with Crippen LogP contribution in [0.5, 0.6) is 0 Å². The van der Waals surface area contributed by atoms with E-state index in [-0.39, 0.29) is 0 Å². The standard InChI is InChI=1S/C14H21N3O/c1-3-18-12-9-11(14(12)6-4-7-14)17-13-5-8-15-10(2)16-13/h5,8,11-12H,3-4,6-7,9H2,1-2H3,(H,15,16,17)/t11-,12+/m1/s1. The molecule has 0 bridgehead atoms. The van der Waals surface area contributed by atoms with Gasteiger partial charge in [0.15, 0.2) is 0 Å². The number of aryl methyl sites for hydroxylation is 1. The molecule has 0 radical (unpaired) electrons. The minimum Gasteiger partial charge on any atom is -0.378 e. The molecule has 98 valence electrons. The predicted octanol–water partition coefficient (Wildman–Crippen LogP) is 2.54. The molecule has 2 fully saturated rings. The lowest BCUT2D eigenvalue weighted by Crippen LogP contribution is -2.64. The van der Waals surface area contributed by atoms with Crippen molar-refractivity contribution in [3.05, 3.63) is 18.1 Å². The van der Waals surface area contributed by atoms with Crippen molar-refractivity contribution in [2.75, 3.05) is 11.9 Å². The Morgan fingerprint density at radius 3 is 2.94 bits per heavy atom. The molecule has 3 rings (SSSR count). The number of ether oxygens (including phenoxy) is 1. The van der Waals surface area contributed by atoms with Crippen LogP contribution in [-0.2, 0) is 4.74 Å². The molecule has 2 aliphatic carbocycles. The molecular weight excluding hydrogens is 226 g/mol. The average molecular weight is 247 g/mol. The van der Waals surface area contributed by atoms with Gasteiger partial charge < -0.3 is 10.1 Å². The number of rotatable bonds is 4. The first-order valence-corrected chi connectivity index (χ1v) is 6.92.